The molecule has 3 nitrogen and oxygen atoms in total. The van der Waals surface area contributed by atoms with Gasteiger partial charge in [-0.1, -0.05) is 54.0 Å². The van der Waals surface area contributed by atoms with Crippen LogP contribution in [0.1, 0.15) is 24.2 Å². The maximum Gasteiger partial charge on any atom is 1.00 e. The minimum atomic E-state index is -0.809. The Bertz CT molecular complexity index is 473. The van der Waals surface area contributed by atoms with Crippen LogP contribution in [0.25, 0.3) is 5.32 Å². The average molecular weight is 367 g/mol. The molecular formula is C12H11BrNO2Rb. The summed E-state index contributed by atoms with van der Waals surface area (Å²) in [7, 11) is 0. The molecule has 0 radical (unpaired) electrons. The van der Waals surface area contributed by atoms with Crippen molar-refractivity contribution >= 4 is 33.3 Å². The zero-order valence-corrected chi connectivity index (χ0v) is 16.5. The Hall–Kier alpha value is 0.645. The minimum Gasteiger partial charge on any atom is -0.626 e. The normalized spacial score (nSPS) is 21.9. The van der Waals surface area contributed by atoms with Gasteiger partial charge in [0, 0.05) is 11.0 Å². The van der Waals surface area contributed by atoms with E-state index >= 15 is 0 Å². The second-order valence-electron chi connectivity index (χ2n) is 4.38. The fourth-order valence-corrected chi connectivity index (χ4v) is 2.05. The van der Waals surface area contributed by atoms with Crippen molar-refractivity contribution in [2.24, 2.45) is 5.41 Å². The average Bonchev–Trinajstić information content (AvgIpc) is 2.32. The maximum absolute atomic E-state index is 12.1. The molecule has 1 atom stereocenters. The smallest absolute Gasteiger partial charge is 0.626 e. The van der Waals surface area contributed by atoms with E-state index in [1.54, 1.807) is 38.1 Å². The molecule has 0 bridgehead atoms. The molecule has 84 valence electrons. The summed E-state index contributed by atoms with van der Waals surface area (Å²) in [5.41, 5.74) is 0.159. The molecule has 0 saturated carbocycles. The number of carbonyl (C=O) groups is 2. The minimum absolute atomic E-state index is 0. The number of benzene rings is 1. The molecule has 1 heterocycles. The Morgan fingerprint density at radius 2 is 1.82 bits per heavy atom. The number of alkyl halides is 1. The van der Waals surface area contributed by atoms with E-state index in [-0.39, 0.29) is 69.9 Å². The van der Waals surface area contributed by atoms with E-state index in [1.165, 1.54) is 0 Å². The van der Waals surface area contributed by atoms with Crippen LogP contribution in [0.5, 0.6) is 0 Å². The van der Waals surface area contributed by atoms with Crippen molar-refractivity contribution in [3.05, 3.63) is 35.1 Å². The summed E-state index contributed by atoms with van der Waals surface area (Å²) in [5, 5.41) is 4.00. The summed E-state index contributed by atoms with van der Waals surface area (Å²) in [4.78, 5) is 23.5. The van der Waals surface area contributed by atoms with E-state index in [4.69, 9.17) is 0 Å². The molecule has 0 aliphatic carbocycles. The SMILES string of the molecule is CC1(C)C(=O)[N-]c2ccccc2C(=O)C1Br.[Rb+]. The van der Waals surface area contributed by atoms with E-state index in [0.717, 1.165) is 0 Å². The van der Waals surface area contributed by atoms with E-state index in [2.05, 4.69) is 21.2 Å². The number of rotatable bonds is 0. The molecule has 1 aromatic rings. The molecule has 0 N–H and O–H groups in total. The Balaban J connectivity index is 0.00000144. The molecule has 2 rings (SSSR count). The van der Waals surface area contributed by atoms with Crippen molar-refractivity contribution in [2.45, 2.75) is 18.7 Å². The van der Waals surface area contributed by atoms with Crippen LogP contribution in [0.2, 0.25) is 0 Å². The van der Waals surface area contributed by atoms with Crippen molar-refractivity contribution in [2.75, 3.05) is 0 Å². The van der Waals surface area contributed by atoms with Crippen LogP contribution >= 0.6 is 15.9 Å². The van der Waals surface area contributed by atoms with E-state index in [9.17, 15) is 9.59 Å². The van der Waals surface area contributed by atoms with Gasteiger partial charge in [0.2, 0.25) is 0 Å². The van der Waals surface area contributed by atoms with Crippen molar-refractivity contribution in [3.63, 3.8) is 0 Å². The predicted octanol–water partition coefficient (Wildman–Crippen LogP) is 0.208. The number of Topliss-reactive ketones (excluding diaryl/α,β-unsaturated/α-hetero) is 1. The van der Waals surface area contributed by atoms with E-state index < -0.39 is 10.2 Å². The quantitative estimate of drug-likeness (QED) is 0.616. The van der Waals surface area contributed by atoms with Gasteiger partial charge in [0.1, 0.15) is 0 Å². The standard InChI is InChI=1S/C12H12BrNO2.Rb/c1-12(2)10(13)9(15)7-5-3-4-6-8(7)14-11(12)16;/h3-6,10H,1-2H3,(H,14,15,16);/q;+1/p-1. The molecule has 1 aliphatic rings. The predicted molar refractivity (Wildman–Crippen MR) is 65.3 cm³/mol. The number of para-hydroxylation sites is 1. The van der Waals surface area contributed by atoms with Crippen molar-refractivity contribution in [1.82, 2.24) is 0 Å². The van der Waals surface area contributed by atoms with Crippen LogP contribution in [-0.2, 0) is 4.79 Å². The van der Waals surface area contributed by atoms with Gasteiger partial charge in [-0.2, -0.15) is 0 Å². The van der Waals surface area contributed by atoms with Crippen LogP contribution in [0.4, 0.5) is 5.69 Å². The third kappa shape index (κ3) is 2.81. The molecule has 5 heteroatoms. The van der Waals surface area contributed by atoms with Crippen LogP contribution < -0.4 is 58.2 Å². The van der Waals surface area contributed by atoms with Gasteiger partial charge in [0.15, 0.2) is 5.78 Å². The van der Waals surface area contributed by atoms with E-state index in [0.29, 0.717) is 11.3 Å². The van der Waals surface area contributed by atoms with Gasteiger partial charge in [-0.3, -0.25) is 4.79 Å². The van der Waals surface area contributed by atoms with Crippen molar-refractivity contribution in [1.29, 1.82) is 0 Å². The number of nitrogens with zero attached hydrogens (tertiary/aromatic N) is 1. The van der Waals surface area contributed by atoms with Crippen molar-refractivity contribution < 1.29 is 67.8 Å². The summed E-state index contributed by atoms with van der Waals surface area (Å²) in [6.45, 7) is 3.45. The first-order chi connectivity index (χ1) is 7.44. The summed E-state index contributed by atoms with van der Waals surface area (Å²) in [6, 6.07) is 6.93. The monoisotopic (exact) mass is 365 g/mol. The largest absolute Gasteiger partial charge is 1.00 e. The summed E-state index contributed by atoms with van der Waals surface area (Å²) >= 11 is 3.31. The Kier molecular flexibility index (Phi) is 5.30. The fraction of sp³-hybridized carbons (Fsp3) is 0.333. The molecule has 1 aliphatic heterocycles. The molecule has 0 fully saturated rings. The maximum atomic E-state index is 12.1. The van der Waals surface area contributed by atoms with Gasteiger partial charge < -0.3 is 10.1 Å². The first-order valence-electron chi connectivity index (χ1n) is 4.98. The number of fused-ring (bicyclic) bond motifs is 1. The second-order valence-corrected chi connectivity index (χ2v) is 5.30. The third-order valence-corrected chi connectivity index (χ3v) is 4.37. The van der Waals surface area contributed by atoms with Crippen LogP contribution in [0.3, 0.4) is 0 Å². The molecule has 0 saturated heterocycles. The number of ketones is 1. The molecule has 0 aromatic heterocycles. The van der Waals surface area contributed by atoms with Gasteiger partial charge in [-0.15, -0.1) is 5.69 Å². The Morgan fingerprint density at radius 1 is 1.24 bits per heavy atom. The first kappa shape index (κ1) is 15.7. The van der Waals surface area contributed by atoms with Gasteiger partial charge in [-0.05, 0) is 0 Å². The summed E-state index contributed by atoms with van der Waals surface area (Å²) < 4.78 is 0. The third-order valence-electron chi connectivity index (χ3n) is 2.81. The van der Waals surface area contributed by atoms with Crippen LogP contribution in [0.15, 0.2) is 24.3 Å². The Labute approximate surface area is 158 Å². The fourth-order valence-electron chi connectivity index (χ4n) is 1.61. The summed E-state index contributed by atoms with van der Waals surface area (Å²) in [5.74, 6) is -0.358. The summed E-state index contributed by atoms with van der Waals surface area (Å²) in [6.07, 6.45) is 0. The zero-order chi connectivity index (χ0) is 11.9. The Morgan fingerprint density at radius 3 is 2.47 bits per heavy atom. The number of amides is 1. The zero-order valence-electron chi connectivity index (χ0n) is 10.0. The van der Waals surface area contributed by atoms with Crippen LogP contribution in [0, 0.1) is 5.41 Å². The molecule has 0 spiro atoms. The number of carbonyl (C=O) groups excluding carboxylic acids is 2. The molecule has 1 aromatic carbocycles. The van der Waals surface area contributed by atoms with Crippen LogP contribution in [-0.4, -0.2) is 16.5 Å². The van der Waals surface area contributed by atoms with E-state index in [1.807, 2.05) is 0 Å². The van der Waals surface area contributed by atoms with Gasteiger partial charge in [-0.25, -0.2) is 0 Å². The first-order valence-corrected chi connectivity index (χ1v) is 5.89. The van der Waals surface area contributed by atoms with Gasteiger partial charge in [0.25, 0.3) is 0 Å². The molecule has 1 amide bonds. The van der Waals surface area contributed by atoms with Gasteiger partial charge >= 0.3 is 58.2 Å². The van der Waals surface area contributed by atoms with Gasteiger partial charge in [0.05, 0.1) is 10.7 Å². The number of hydrogen-bond acceptors (Lipinski definition) is 2. The number of hydrogen-bond donors (Lipinski definition) is 0. The molecular weight excluding hydrogens is 356 g/mol. The van der Waals surface area contributed by atoms with Crippen molar-refractivity contribution in [3.8, 4) is 0 Å². The molecule has 17 heavy (non-hydrogen) atoms. The number of halogens is 1. The second kappa shape index (κ2) is 5.74. The topological polar surface area (TPSA) is 48.2 Å². The molecule has 1 unspecified atom stereocenters.